The topological polar surface area (TPSA) is 80.0 Å². The van der Waals surface area contributed by atoms with Gasteiger partial charge in [0.2, 0.25) is 0 Å². The summed E-state index contributed by atoms with van der Waals surface area (Å²) in [7, 11) is 0. The maximum absolute atomic E-state index is 12.8. The van der Waals surface area contributed by atoms with E-state index in [1.807, 2.05) is 24.3 Å². The van der Waals surface area contributed by atoms with Crippen LogP contribution in [0, 0.1) is 5.92 Å². The van der Waals surface area contributed by atoms with Gasteiger partial charge in [0.15, 0.2) is 5.22 Å². The summed E-state index contributed by atoms with van der Waals surface area (Å²) in [5.74, 6) is -1.81. The van der Waals surface area contributed by atoms with Crippen LogP contribution >= 0.6 is 11.6 Å². The van der Waals surface area contributed by atoms with Gasteiger partial charge in [0, 0.05) is 24.9 Å². The second-order valence-corrected chi connectivity index (χ2v) is 8.27. The monoisotopic (exact) mass is 437 g/mol. The Morgan fingerprint density at radius 3 is 2.23 bits per heavy atom. The summed E-state index contributed by atoms with van der Waals surface area (Å²) in [6.45, 7) is 0.463. The van der Waals surface area contributed by atoms with Crippen LogP contribution in [0.5, 0.6) is 0 Å². The molecular formula is C24H20ClNO5. The van der Waals surface area contributed by atoms with Crippen LogP contribution in [-0.2, 0) is 9.53 Å². The minimum absolute atomic E-state index is 0.0473. The highest BCUT2D eigenvalue weighted by molar-refractivity contribution is 6.28. The molecule has 1 fully saturated rings. The Kier molecular flexibility index (Phi) is 4.94. The molecule has 0 saturated carbocycles. The Morgan fingerprint density at radius 1 is 1.00 bits per heavy atom. The number of rotatable bonds is 4. The lowest BCUT2D eigenvalue weighted by molar-refractivity contribution is -0.141. The predicted octanol–water partition coefficient (Wildman–Crippen LogP) is 4.98. The molecule has 2 aromatic carbocycles. The number of benzene rings is 2. The van der Waals surface area contributed by atoms with Gasteiger partial charge in [-0.2, -0.15) is 0 Å². The number of fused-ring (bicyclic) bond motifs is 3. The first-order valence-electron chi connectivity index (χ1n) is 10.1. The zero-order valence-corrected chi connectivity index (χ0v) is 17.3. The molecule has 2 atom stereocenters. The number of carbonyl (C=O) groups excluding carboxylic acids is 1. The van der Waals surface area contributed by atoms with Crippen molar-refractivity contribution in [2.45, 2.75) is 11.8 Å². The molecule has 2 aliphatic rings. The predicted molar refractivity (Wildman–Crippen MR) is 114 cm³/mol. The van der Waals surface area contributed by atoms with E-state index in [4.69, 9.17) is 20.8 Å². The molecule has 2 unspecified atom stereocenters. The Labute approximate surface area is 184 Å². The van der Waals surface area contributed by atoms with E-state index in [0.717, 1.165) is 22.3 Å². The smallest absolute Gasteiger partial charge is 0.409 e. The van der Waals surface area contributed by atoms with Crippen LogP contribution < -0.4 is 0 Å². The van der Waals surface area contributed by atoms with Gasteiger partial charge in [-0.15, -0.1) is 0 Å². The normalized spacial score (nSPS) is 19.8. The van der Waals surface area contributed by atoms with Gasteiger partial charge in [0.25, 0.3) is 0 Å². The molecular weight excluding hydrogens is 418 g/mol. The van der Waals surface area contributed by atoms with Gasteiger partial charge >= 0.3 is 12.1 Å². The zero-order chi connectivity index (χ0) is 21.5. The van der Waals surface area contributed by atoms with Crippen LogP contribution in [0.25, 0.3) is 11.1 Å². The van der Waals surface area contributed by atoms with Gasteiger partial charge in [0.05, 0.1) is 5.92 Å². The average molecular weight is 438 g/mol. The second kappa shape index (κ2) is 7.78. The minimum atomic E-state index is -0.980. The Hall–Kier alpha value is -3.25. The van der Waals surface area contributed by atoms with Crippen LogP contribution in [0.1, 0.15) is 28.7 Å². The van der Waals surface area contributed by atoms with Crippen molar-refractivity contribution in [1.29, 1.82) is 0 Å². The third-order valence-electron chi connectivity index (χ3n) is 6.19. The largest absolute Gasteiger partial charge is 0.481 e. The van der Waals surface area contributed by atoms with E-state index in [2.05, 4.69) is 24.3 Å². The quantitative estimate of drug-likeness (QED) is 0.622. The summed E-state index contributed by atoms with van der Waals surface area (Å²) in [5.41, 5.74) is 4.57. The van der Waals surface area contributed by atoms with Crippen LogP contribution in [-0.4, -0.2) is 41.8 Å². The minimum Gasteiger partial charge on any atom is -0.481 e. The molecule has 158 valence electrons. The van der Waals surface area contributed by atoms with Crippen molar-refractivity contribution in [2.24, 2.45) is 5.92 Å². The lowest BCUT2D eigenvalue weighted by atomic mass is 9.94. The molecule has 0 bridgehead atoms. The van der Waals surface area contributed by atoms with Crippen molar-refractivity contribution < 1.29 is 23.8 Å². The number of aliphatic carboxylic acids is 1. The lowest BCUT2D eigenvalue weighted by Crippen LogP contribution is -2.31. The molecule has 1 saturated heterocycles. The zero-order valence-electron chi connectivity index (χ0n) is 16.5. The van der Waals surface area contributed by atoms with E-state index in [1.165, 1.54) is 4.90 Å². The third-order valence-corrected chi connectivity index (χ3v) is 6.39. The van der Waals surface area contributed by atoms with Crippen molar-refractivity contribution >= 4 is 23.7 Å². The fraction of sp³-hybridized carbons (Fsp3) is 0.250. The number of nitrogens with zero attached hydrogens (tertiary/aromatic N) is 1. The van der Waals surface area contributed by atoms with Crippen molar-refractivity contribution in [1.82, 2.24) is 4.90 Å². The number of likely N-dealkylation sites (tertiary alicyclic amines) is 1. The number of halogens is 1. The van der Waals surface area contributed by atoms with Crippen LogP contribution in [0.15, 0.2) is 65.1 Å². The van der Waals surface area contributed by atoms with E-state index in [9.17, 15) is 14.7 Å². The van der Waals surface area contributed by atoms with E-state index < -0.39 is 23.9 Å². The first-order valence-corrected chi connectivity index (χ1v) is 10.5. The maximum Gasteiger partial charge on any atom is 0.409 e. The highest BCUT2D eigenvalue weighted by Crippen LogP contribution is 2.44. The van der Waals surface area contributed by atoms with Gasteiger partial charge in [-0.3, -0.25) is 4.79 Å². The molecule has 1 aliphatic carbocycles. The molecule has 6 nitrogen and oxygen atoms in total. The van der Waals surface area contributed by atoms with Gasteiger partial charge in [-0.05, 0) is 46.0 Å². The SMILES string of the molecule is O=C(O)C1CN(C(=O)OCC2c3ccccc3-c3ccccc32)CC1c1ccc(Cl)o1. The van der Waals surface area contributed by atoms with Gasteiger partial charge in [-0.25, -0.2) is 4.79 Å². The summed E-state index contributed by atoms with van der Waals surface area (Å²) in [4.78, 5) is 26.0. The van der Waals surface area contributed by atoms with E-state index >= 15 is 0 Å². The number of carboxylic acids is 1. The first-order chi connectivity index (χ1) is 15.0. The maximum atomic E-state index is 12.8. The standard InChI is InChI=1S/C24H20ClNO5/c25-22-10-9-21(31-22)18-11-26(12-19(18)23(27)28)24(29)30-13-20-16-7-3-1-5-14(16)15-6-2-4-8-17(15)20/h1-10,18-20H,11-13H2,(H,27,28). The first kappa shape index (κ1) is 19.7. The van der Waals surface area contributed by atoms with Gasteiger partial charge in [0.1, 0.15) is 12.4 Å². The summed E-state index contributed by atoms with van der Waals surface area (Å²) in [5, 5.41) is 9.81. The summed E-state index contributed by atoms with van der Waals surface area (Å²) in [6, 6.07) is 19.5. The second-order valence-electron chi connectivity index (χ2n) is 7.90. The van der Waals surface area contributed by atoms with E-state index in [0.29, 0.717) is 5.76 Å². The van der Waals surface area contributed by atoms with E-state index in [1.54, 1.807) is 12.1 Å². The fourth-order valence-corrected chi connectivity index (χ4v) is 4.86. The molecule has 1 aliphatic heterocycles. The molecule has 0 spiro atoms. The molecule has 31 heavy (non-hydrogen) atoms. The fourth-order valence-electron chi connectivity index (χ4n) is 4.70. The number of furan rings is 1. The molecule has 1 aromatic heterocycles. The summed E-state index contributed by atoms with van der Waals surface area (Å²) < 4.78 is 11.1. The highest BCUT2D eigenvalue weighted by Gasteiger charge is 2.43. The highest BCUT2D eigenvalue weighted by atomic mass is 35.5. The number of carboxylic acid groups (broad SMARTS) is 1. The van der Waals surface area contributed by atoms with Crippen molar-refractivity contribution in [3.05, 3.63) is 82.8 Å². The van der Waals surface area contributed by atoms with Gasteiger partial charge in [-0.1, -0.05) is 48.5 Å². The number of amides is 1. The number of carbonyl (C=O) groups is 2. The number of hydrogen-bond donors (Lipinski definition) is 1. The van der Waals surface area contributed by atoms with Gasteiger partial charge < -0.3 is 19.2 Å². The van der Waals surface area contributed by atoms with Crippen LogP contribution in [0.4, 0.5) is 4.79 Å². The Morgan fingerprint density at radius 2 is 1.65 bits per heavy atom. The van der Waals surface area contributed by atoms with Crippen molar-refractivity contribution in [3.63, 3.8) is 0 Å². The number of ether oxygens (including phenoxy) is 1. The summed E-state index contributed by atoms with van der Waals surface area (Å²) in [6.07, 6.45) is -0.520. The molecule has 3 aromatic rings. The Balaban J connectivity index is 1.32. The van der Waals surface area contributed by atoms with E-state index in [-0.39, 0.29) is 30.8 Å². The third kappa shape index (κ3) is 3.47. The molecule has 2 heterocycles. The molecule has 0 radical (unpaired) electrons. The van der Waals surface area contributed by atoms with Crippen molar-refractivity contribution in [3.8, 4) is 11.1 Å². The van der Waals surface area contributed by atoms with Crippen LogP contribution in [0.2, 0.25) is 5.22 Å². The van der Waals surface area contributed by atoms with Crippen LogP contribution in [0.3, 0.4) is 0 Å². The molecule has 1 N–H and O–H groups in total. The molecule has 5 rings (SSSR count). The summed E-state index contributed by atoms with van der Waals surface area (Å²) >= 11 is 5.85. The number of hydrogen-bond acceptors (Lipinski definition) is 4. The average Bonchev–Trinajstić information content (AvgIpc) is 3.47. The molecule has 1 amide bonds. The lowest BCUT2D eigenvalue weighted by Gasteiger charge is -2.19. The molecule has 7 heteroatoms. The Bertz CT molecular complexity index is 1110. The van der Waals surface area contributed by atoms with Crippen molar-refractivity contribution in [2.75, 3.05) is 19.7 Å².